The van der Waals surface area contributed by atoms with Crippen LogP contribution in [0.4, 0.5) is 0 Å². The maximum Gasteiger partial charge on any atom is 0.240 e. The van der Waals surface area contributed by atoms with Gasteiger partial charge in [-0.15, -0.1) is 0 Å². The van der Waals surface area contributed by atoms with Gasteiger partial charge in [-0.3, -0.25) is 0 Å². The van der Waals surface area contributed by atoms with Gasteiger partial charge in [0, 0.05) is 25.8 Å². The molecule has 0 unspecified atom stereocenters. The number of rotatable bonds is 5. The van der Waals surface area contributed by atoms with Crippen LogP contribution in [0.1, 0.15) is 42.4 Å². The van der Waals surface area contributed by atoms with E-state index in [1.807, 2.05) is 26.8 Å². The van der Waals surface area contributed by atoms with Crippen molar-refractivity contribution in [2.45, 2.75) is 57.4 Å². The van der Waals surface area contributed by atoms with Crippen LogP contribution in [-0.4, -0.2) is 52.2 Å². The smallest absolute Gasteiger partial charge is 0.240 e. The van der Waals surface area contributed by atoms with Crippen LogP contribution >= 0.6 is 0 Å². The number of hydrogen-bond acceptors (Lipinski definition) is 4. The fourth-order valence-corrected chi connectivity index (χ4v) is 5.53. The first-order valence-electron chi connectivity index (χ1n) is 9.76. The summed E-state index contributed by atoms with van der Waals surface area (Å²) in [6.45, 7) is 10.3. The van der Waals surface area contributed by atoms with E-state index < -0.39 is 10.0 Å². The molecule has 2 saturated heterocycles. The van der Waals surface area contributed by atoms with Crippen LogP contribution in [0.15, 0.2) is 17.0 Å². The SMILES string of the molecule is Cc1cc(C)c(S(=O)(=O)NCC2CCN(C3CCOCC3)CC2)cc1C. The molecule has 0 aromatic heterocycles. The van der Waals surface area contributed by atoms with Crippen LogP contribution in [0.2, 0.25) is 0 Å². The molecule has 2 aliphatic heterocycles. The predicted octanol–water partition coefficient (Wildman–Crippen LogP) is 2.78. The first-order chi connectivity index (χ1) is 12.4. The van der Waals surface area contributed by atoms with Gasteiger partial charge in [0.1, 0.15) is 0 Å². The van der Waals surface area contributed by atoms with E-state index in [2.05, 4.69) is 9.62 Å². The van der Waals surface area contributed by atoms with Crippen molar-refractivity contribution in [3.63, 3.8) is 0 Å². The lowest BCUT2D eigenvalue weighted by Crippen LogP contribution is -2.45. The van der Waals surface area contributed by atoms with Gasteiger partial charge in [-0.1, -0.05) is 6.07 Å². The van der Waals surface area contributed by atoms with Crippen LogP contribution in [-0.2, 0) is 14.8 Å². The Bertz CT molecular complexity index is 719. The molecule has 3 rings (SSSR count). The number of ether oxygens (including phenoxy) is 1. The predicted molar refractivity (Wildman–Crippen MR) is 104 cm³/mol. The van der Waals surface area contributed by atoms with Gasteiger partial charge in [-0.05, 0) is 88.2 Å². The first kappa shape index (κ1) is 19.8. The molecule has 146 valence electrons. The highest BCUT2D eigenvalue weighted by Crippen LogP contribution is 2.24. The summed E-state index contributed by atoms with van der Waals surface area (Å²) in [5.41, 5.74) is 2.96. The van der Waals surface area contributed by atoms with Crippen LogP contribution in [0.3, 0.4) is 0 Å². The van der Waals surface area contributed by atoms with Gasteiger partial charge in [-0.2, -0.15) is 0 Å². The minimum absolute atomic E-state index is 0.417. The number of benzene rings is 1. The third-order valence-electron chi connectivity index (χ3n) is 6.00. The van der Waals surface area contributed by atoms with Crippen LogP contribution in [0.5, 0.6) is 0 Å². The van der Waals surface area contributed by atoms with E-state index in [-0.39, 0.29) is 0 Å². The van der Waals surface area contributed by atoms with Crippen molar-refractivity contribution < 1.29 is 13.2 Å². The molecule has 1 N–H and O–H groups in total. The number of aryl methyl sites for hydroxylation is 3. The summed E-state index contributed by atoms with van der Waals surface area (Å²) in [4.78, 5) is 2.99. The van der Waals surface area contributed by atoms with Crippen molar-refractivity contribution in [1.82, 2.24) is 9.62 Å². The maximum absolute atomic E-state index is 12.7. The van der Waals surface area contributed by atoms with E-state index in [0.717, 1.165) is 68.7 Å². The molecule has 2 aliphatic rings. The summed E-state index contributed by atoms with van der Waals surface area (Å²) >= 11 is 0. The van der Waals surface area contributed by atoms with E-state index in [4.69, 9.17) is 4.74 Å². The standard InChI is InChI=1S/C20H32N2O3S/c1-15-12-17(3)20(13-16(15)2)26(23,24)21-14-18-4-8-22(9-5-18)19-6-10-25-11-7-19/h12-13,18-19,21H,4-11,14H2,1-3H3. The van der Waals surface area contributed by atoms with Gasteiger partial charge in [0.05, 0.1) is 4.90 Å². The van der Waals surface area contributed by atoms with Crippen LogP contribution in [0, 0.1) is 26.7 Å². The molecule has 1 aromatic rings. The second-order valence-corrected chi connectivity index (χ2v) is 9.61. The summed E-state index contributed by atoms with van der Waals surface area (Å²) in [7, 11) is -3.44. The van der Waals surface area contributed by atoms with E-state index in [1.54, 1.807) is 6.07 Å². The van der Waals surface area contributed by atoms with Gasteiger partial charge in [0.2, 0.25) is 10.0 Å². The molecule has 26 heavy (non-hydrogen) atoms. The quantitative estimate of drug-likeness (QED) is 0.853. The fourth-order valence-electron chi connectivity index (χ4n) is 4.10. The summed E-state index contributed by atoms with van der Waals surface area (Å²) in [6.07, 6.45) is 4.38. The Hall–Kier alpha value is -0.950. The average molecular weight is 381 g/mol. The van der Waals surface area contributed by atoms with Crippen molar-refractivity contribution >= 4 is 10.0 Å². The zero-order chi connectivity index (χ0) is 18.7. The summed E-state index contributed by atoms with van der Waals surface area (Å²) < 4.78 is 33.8. The van der Waals surface area contributed by atoms with Gasteiger partial charge < -0.3 is 9.64 Å². The Morgan fingerprint density at radius 3 is 2.27 bits per heavy atom. The van der Waals surface area contributed by atoms with Crippen molar-refractivity contribution in [2.24, 2.45) is 5.92 Å². The molecule has 6 heteroatoms. The normalized spacial score (nSPS) is 21.2. The minimum atomic E-state index is -3.44. The summed E-state index contributed by atoms with van der Waals surface area (Å²) in [6, 6.07) is 4.40. The molecule has 2 heterocycles. The van der Waals surface area contributed by atoms with Gasteiger partial charge >= 0.3 is 0 Å². The second-order valence-electron chi connectivity index (χ2n) is 7.88. The highest BCUT2D eigenvalue weighted by molar-refractivity contribution is 7.89. The number of hydrogen-bond donors (Lipinski definition) is 1. The topological polar surface area (TPSA) is 58.6 Å². The van der Waals surface area contributed by atoms with E-state index in [9.17, 15) is 8.42 Å². The van der Waals surface area contributed by atoms with Crippen molar-refractivity contribution in [1.29, 1.82) is 0 Å². The largest absolute Gasteiger partial charge is 0.381 e. The first-order valence-corrected chi connectivity index (χ1v) is 11.2. The Morgan fingerprint density at radius 1 is 1.00 bits per heavy atom. The molecular formula is C20H32N2O3S. The average Bonchev–Trinajstić information content (AvgIpc) is 2.64. The molecule has 2 fully saturated rings. The zero-order valence-corrected chi connectivity index (χ0v) is 17.1. The third-order valence-corrected chi connectivity index (χ3v) is 7.56. The molecule has 0 spiro atoms. The highest BCUT2D eigenvalue weighted by atomic mass is 32.2. The Morgan fingerprint density at radius 2 is 1.62 bits per heavy atom. The minimum Gasteiger partial charge on any atom is -0.381 e. The van der Waals surface area contributed by atoms with E-state index >= 15 is 0 Å². The Balaban J connectivity index is 1.53. The molecule has 0 saturated carbocycles. The highest BCUT2D eigenvalue weighted by Gasteiger charge is 2.27. The van der Waals surface area contributed by atoms with Crippen molar-refractivity contribution in [2.75, 3.05) is 32.8 Å². The molecule has 0 bridgehead atoms. The Kier molecular flexibility index (Phi) is 6.38. The Labute approximate surface area is 158 Å². The van der Waals surface area contributed by atoms with E-state index in [1.165, 1.54) is 0 Å². The molecule has 0 atom stereocenters. The summed E-state index contributed by atoms with van der Waals surface area (Å²) in [5.74, 6) is 0.424. The van der Waals surface area contributed by atoms with Gasteiger partial charge in [-0.25, -0.2) is 13.1 Å². The lowest BCUT2D eigenvalue weighted by Gasteiger charge is -2.39. The number of piperidine rings is 1. The fraction of sp³-hybridized carbons (Fsp3) is 0.700. The van der Waals surface area contributed by atoms with Gasteiger partial charge in [0.15, 0.2) is 0 Å². The molecule has 0 amide bonds. The van der Waals surface area contributed by atoms with Crippen molar-refractivity contribution in [3.8, 4) is 0 Å². The zero-order valence-electron chi connectivity index (χ0n) is 16.3. The van der Waals surface area contributed by atoms with Gasteiger partial charge in [0.25, 0.3) is 0 Å². The molecule has 1 aromatic carbocycles. The van der Waals surface area contributed by atoms with Crippen LogP contribution < -0.4 is 4.72 Å². The molecular weight excluding hydrogens is 348 g/mol. The molecule has 0 radical (unpaired) electrons. The summed E-state index contributed by atoms with van der Waals surface area (Å²) in [5, 5.41) is 0. The van der Waals surface area contributed by atoms with Crippen molar-refractivity contribution in [3.05, 3.63) is 28.8 Å². The number of nitrogens with zero attached hydrogens (tertiary/aromatic N) is 1. The molecule has 0 aliphatic carbocycles. The maximum atomic E-state index is 12.7. The lowest BCUT2D eigenvalue weighted by atomic mass is 9.94. The molecule has 5 nitrogen and oxygen atoms in total. The van der Waals surface area contributed by atoms with Crippen LogP contribution in [0.25, 0.3) is 0 Å². The monoisotopic (exact) mass is 380 g/mol. The van der Waals surface area contributed by atoms with E-state index in [0.29, 0.717) is 23.4 Å². The number of likely N-dealkylation sites (tertiary alicyclic amines) is 1. The number of sulfonamides is 1. The lowest BCUT2D eigenvalue weighted by molar-refractivity contribution is 0.0214. The third kappa shape index (κ3) is 4.66. The second kappa shape index (κ2) is 8.38. The number of nitrogens with one attached hydrogen (secondary N) is 1.